The molecule has 126 valence electrons. The molecule has 0 aromatic heterocycles. The van der Waals surface area contributed by atoms with Crippen molar-refractivity contribution in [3.8, 4) is 0 Å². The Balaban J connectivity index is 2.36. The van der Waals surface area contributed by atoms with Gasteiger partial charge in [0.1, 0.15) is 0 Å². The number of amides is 1. The summed E-state index contributed by atoms with van der Waals surface area (Å²) in [5.41, 5.74) is 0.331. The van der Waals surface area contributed by atoms with E-state index >= 15 is 0 Å². The fraction of sp³-hybridized carbons (Fsp3) is 0.429. The Kier molecular flexibility index (Phi) is 5.09. The molecule has 6 nitrogen and oxygen atoms in total. The monoisotopic (exact) mass is 332 g/mol. The average Bonchev–Trinajstić information content (AvgIpc) is 2.54. The quantitative estimate of drug-likeness (QED) is 0.855. The molecule has 2 rings (SSSR count). The fourth-order valence-corrected chi connectivity index (χ4v) is 2.15. The van der Waals surface area contributed by atoms with Crippen LogP contribution >= 0.6 is 0 Å². The number of carbonyl (C=O) groups excluding carboxylic acids is 2. The third-order valence-electron chi connectivity index (χ3n) is 3.28. The van der Waals surface area contributed by atoms with Gasteiger partial charge in [0.15, 0.2) is 0 Å². The minimum Gasteiger partial charge on any atom is -0.465 e. The Labute approximate surface area is 130 Å². The molecule has 1 aliphatic rings. The first kappa shape index (κ1) is 17.1. The first-order valence-electron chi connectivity index (χ1n) is 6.76. The minimum absolute atomic E-state index is 0.0435. The Morgan fingerprint density at radius 2 is 1.91 bits per heavy atom. The third kappa shape index (κ3) is 4.13. The molecule has 1 aromatic rings. The third-order valence-corrected chi connectivity index (χ3v) is 3.28. The van der Waals surface area contributed by atoms with E-state index in [4.69, 9.17) is 4.74 Å². The van der Waals surface area contributed by atoms with Crippen LogP contribution < -0.4 is 10.2 Å². The summed E-state index contributed by atoms with van der Waals surface area (Å²) in [7, 11) is 1.16. The maximum absolute atomic E-state index is 12.5. The normalized spacial score (nSPS) is 15.2. The van der Waals surface area contributed by atoms with Gasteiger partial charge in [-0.15, -0.1) is 0 Å². The molecule has 23 heavy (non-hydrogen) atoms. The van der Waals surface area contributed by atoms with Crippen molar-refractivity contribution in [2.24, 2.45) is 0 Å². The number of hydrogen-bond acceptors (Lipinski definition) is 5. The summed E-state index contributed by atoms with van der Waals surface area (Å²) in [5.74, 6) is -2.81. The molecule has 1 N–H and O–H groups in total. The summed E-state index contributed by atoms with van der Waals surface area (Å²) in [6.45, 7) is 1.77. The van der Waals surface area contributed by atoms with E-state index in [9.17, 15) is 22.8 Å². The standard InChI is InChI=1S/C14H15F3N2O4/c1-22-12(20)9-2-3-11(19-4-6-23-7-5-19)10(8-9)18-13(21)14(15,16)17/h2-3,8H,4-7H2,1H3,(H,18,21). The van der Waals surface area contributed by atoms with Crippen LogP contribution in [0.15, 0.2) is 18.2 Å². The lowest BCUT2D eigenvalue weighted by molar-refractivity contribution is -0.167. The van der Waals surface area contributed by atoms with Gasteiger partial charge in [0.2, 0.25) is 0 Å². The van der Waals surface area contributed by atoms with E-state index in [1.54, 1.807) is 4.90 Å². The van der Waals surface area contributed by atoms with E-state index in [1.807, 2.05) is 5.32 Å². The number of carbonyl (C=O) groups is 2. The number of ether oxygens (including phenoxy) is 2. The maximum atomic E-state index is 12.5. The Hall–Kier alpha value is -2.29. The van der Waals surface area contributed by atoms with E-state index in [0.29, 0.717) is 32.0 Å². The highest BCUT2D eigenvalue weighted by Gasteiger charge is 2.39. The van der Waals surface area contributed by atoms with E-state index < -0.39 is 18.1 Å². The second-order valence-corrected chi connectivity index (χ2v) is 4.77. The summed E-state index contributed by atoms with van der Waals surface area (Å²) < 4.78 is 47.2. The van der Waals surface area contributed by atoms with Crippen LogP contribution in [0.5, 0.6) is 0 Å². The summed E-state index contributed by atoms with van der Waals surface area (Å²) in [4.78, 5) is 24.5. The number of anilines is 2. The topological polar surface area (TPSA) is 67.9 Å². The van der Waals surface area contributed by atoms with Gasteiger partial charge in [0.05, 0.1) is 37.3 Å². The van der Waals surface area contributed by atoms with Crippen LogP contribution in [0.4, 0.5) is 24.5 Å². The highest BCUT2D eigenvalue weighted by Crippen LogP contribution is 2.30. The number of nitrogens with one attached hydrogen (secondary N) is 1. The fourth-order valence-electron chi connectivity index (χ4n) is 2.15. The lowest BCUT2D eigenvalue weighted by Crippen LogP contribution is -2.37. The lowest BCUT2D eigenvalue weighted by Gasteiger charge is -2.30. The summed E-state index contributed by atoms with van der Waals surface area (Å²) in [6.07, 6.45) is -5.02. The number of benzene rings is 1. The Bertz CT molecular complexity index is 598. The second-order valence-electron chi connectivity index (χ2n) is 4.77. The molecule has 0 bridgehead atoms. The van der Waals surface area contributed by atoms with E-state index in [2.05, 4.69) is 4.74 Å². The number of alkyl halides is 3. The van der Waals surface area contributed by atoms with Crippen molar-refractivity contribution in [2.75, 3.05) is 43.6 Å². The highest BCUT2D eigenvalue weighted by atomic mass is 19.4. The summed E-state index contributed by atoms with van der Waals surface area (Å²) in [6, 6.07) is 4.07. The van der Waals surface area contributed by atoms with Crippen molar-refractivity contribution < 1.29 is 32.2 Å². The van der Waals surface area contributed by atoms with Crippen LogP contribution in [0.3, 0.4) is 0 Å². The molecule has 1 aliphatic heterocycles. The predicted octanol–water partition coefficient (Wildman–Crippen LogP) is 1.81. The van der Waals surface area contributed by atoms with Gasteiger partial charge in [-0.25, -0.2) is 4.79 Å². The minimum atomic E-state index is -5.02. The molecule has 1 heterocycles. The first-order chi connectivity index (χ1) is 10.8. The zero-order valence-electron chi connectivity index (χ0n) is 12.3. The van der Waals surface area contributed by atoms with Gasteiger partial charge in [-0.3, -0.25) is 4.79 Å². The molecular weight excluding hydrogens is 317 g/mol. The van der Waals surface area contributed by atoms with Crippen molar-refractivity contribution in [3.63, 3.8) is 0 Å². The molecule has 0 spiro atoms. The maximum Gasteiger partial charge on any atom is 0.471 e. The van der Waals surface area contributed by atoms with Crippen molar-refractivity contribution in [1.82, 2.24) is 0 Å². The zero-order chi connectivity index (χ0) is 17.0. The number of methoxy groups -OCH3 is 1. The molecule has 0 saturated carbocycles. The molecule has 0 radical (unpaired) electrons. The van der Waals surface area contributed by atoms with Crippen LogP contribution in [0, 0.1) is 0 Å². The molecular formula is C14H15F3N2O4. The van der Waals surface area contributed by atoms with E-state index in [0.717, 1.165) is 7.11 Å². The average molecular weight is 332 g/mol. The van der Waals surface area contributed by atoms with Crippen molar-refractivity contribution in [2.45, 2.75) is 6.18 Å². The molecule has 9 heteroatoms. The number of nitrogens with zero attached hydrogens (tertiary/aromatic N) is 1. The zero-order valence-corrected chi connectivity index (χ0v) is 12.3. The molecule has 1 amide bonds. The molecule has 1 saturated heterocycles. The molecule has 1 fully saturated rings. The molecule has 1 aromatic carbocycles. The van der Waals surface area contributed by atoms with E-state index in [-0.39, 0.29) is 11.3 Å². The van der Waals surface area contributed by atoms with Crippen molar-refractivity contribution in [1.29, 1.82) is 0 Å². The van der Waals surface area contributed by atoms with Crippen LogP contribution in [0.25, 0.3) is 0 Å². The van der Waals surface area contributed by atoms with Crippen molar-refractivity contribution in [3.05, 3.63) is 23.8 Å². The van der Waals surface area contributed by atoms with Gasteiger partial charge < -0.3 is 19.7 Å². The predicted molar refractivity (Wildman–Crippen MR) is 75.5 cm³/mol. The van der Waals surface area contributed by atoms with Gasteiger partial charge in [-0.05, 0) is 18.2 Å². The Morgan fingerprint density at radius 1 is 1.26 bits per heavy atom. The first-order valence-corrected chi connectivity index (χ1v) is 6.76. The van der Waals surface area contributed by atoms with Gasteiger partial charge in [0, 0.05) is 13.1 Å². The van der Waals surface area contributed by atoms with Gasteiger partial charge in [-0.2, -0.15) is 13.2 Å². The number of rotatable bonds is 3. The molecule has 0 aliphatic carbocycles. The van der Waals surface area contributed by atoms with Crippen LogP contribution in [0.1, 0.15) is 10.4 Å². The Morgan fingerprint density at radius 3 is 2.48 bits per heavy atom. The number of hydrogen-bond donors (Lipinski definition) is 1. The molecule has 0 atom stereocenters. The largest absolute Gasteiger partial charge is 0.471 e. The SMILES string of the molecule is COC(=O)c1ccc(N2CCOCC2)c(NC(=O)C(F)(F)F)c1. The van der Waals surface area contributed by atoms with Gasteiger partial charge in [-0.1, -0.05) is 0 Å². The molecule has 0 unspecified atom stereocenters. The van der Waals surface area contributed by atoms with Gasteiger partial charge >= 0.3 is 18.1 Å². The van der Waals surface area contributed by atoms with Crippen LogP contribution in [-0.2, 0) is 14.3 Å². The highest BCUT2D eigenvalue weighted by molar-refractivity contribution is 6.00. The van der Waals surface area contributed by atoms with Gasteiger partial charge in [0.25, 0.3) is 0 Å². The number of esters is 1. The van der Waals surface area contributed by atoms with Crippen LogP contribution in [0.2, 0.25) is 0 Å². The van der Waals surface area contributed by atoms with E-state index in [1.165, 1.54) is 18.2 Å². The van der Waals surface area contributed by atoms with Crippen molar-refractivity contribution >= 4 is 23.3 Å². The summed E-state index contributed by atoms with van der Waals surface area (Å²) >= 11 is 0. The summed E-state index contributed by atoms with van der Waals surface area (Å²) in [5, 5.41) is 1.81. The lowest BCUT2D eigenvalue weighted by atomic mass is 10.1. The van der Waals surface area contributed by atoms with Crippen LogP contribution in [-0.4, -0.2) is 51.5 Å². The smallest absolute Gasteiger partial charge is 0.465 e. The number of morpholine rings is 1. The second kappa shape index (κ2) is 6.86. The number of halogens is 3.